The van der Waals surface area contributed by atoms with Crippen molar-refractivity contribution in [3.8, 4) is 0 Å². The van der Waals surface area contributed by atoms with Crippen LogP contribution in [0.4, 0.5) is 0 Å². The van der Waals surface area contributed by atoms with Gasteiger partial charge in [-0.05, 0) is 35.4 Å². The van der Waals surface area contributed by atoms with Gasteiger partial charge in [-0.1, -0.05) is 32.9 Å². The van der Waals surface area contributed by atoms with Crippen LogP contribution in [0.1, 0.15) is 31.9 Å². The Hall–Kier alpha value is -0.910. The Kier molecular flexibility index (Phi) is 4.52. The highest BCUT2D eigenvalue weighted by molar-refractivity contribution is 7.89. The van der Waals surface area contributed by atoms with Gasteiger partial charge in [-0.3, -0.25) is 0 Å². The molecule has 0 bridgehead atoms. The molecule has 2 N–H and O–H groups in total. The lowest BCUT2D eigenvalue weighted by Gasteiger charge is -2.19. The highest BCUT2D eigenvalue weighted by Gasteiger charge is 2.35. The van der Waals surface area contributed by atoms with Crippen LogP contribution in [0.15, 0.2) is 23.1 Å². The van der Waals surface area contributed by atoms with Gasteiger partial charge in [0.1, 0.15) is 0 Å². The molecule has 5 heteroatoms. The molecule has 4 nitrogen and oxygen atoms in total. The summed E-state index contributed by atoms with van der Waals surface area (Å²) in [4.78, 5) is 0.434. The van der Waals surface area contributed by atoms with Gasteiger partial charge in [0.05, 0.1) is 4.90 Å². The third-order valence-electron chi connectivity index (χ3n) is 4.32. The fraction of sp³-hybridized carbons (Fsp3) is 0.600. The summed E-state index contributed by atoms with van der Waals surface area (Å²) in [6.07, 6.45) is 0.707. The van der Waals surface area contributed by atoms with Gasteiger partial charge in [-0.2, -0.15) is 4.31 Å². The van der Waals surface area contributed by atoms with Crippen LogP contribution in [0.5, 0.6) is 0 Å². The van der Waals surface area contributed by atoms with Crippen LogP contribution in [0.25, 0.3) is 0 Å². The molecule has 0 saturated carbocycles. The fourth-order valence-electron chi connectivity index (χ4n) is 2.67. The predicted octanol–water partition coefficient (Wildman–Crippen LogP) is 1.98. The first-order chi connectivity index (χ1) is 9.40. The van der Waals surface area contributed by atoms with E-state index in [1.807, 2.05) is 19.1 Å². The number of nitrogens with two attached hydrogens (primary N) is 1. The van der Waals surface area contributed by atoms with E-state index in [0.29, 0.717) is 42.8 Å². The van der Waals surface area contributed by atoms with Crippen molar-refractivity contribution >= 4 is 10.0 Å². The smallest absolute Gasteiger partial charge is 0.243 e. The lowest BCUT2D eigenvalue weighted by atomic mass is 10.0. The summed E-state index contributed by atoms with van der Waals surface area (Å²) in [5.74, 6) is 0.820. The van der Waals surface area contributed by atoms with E-state index in [0.717, 1.165) is 11.1 Å². The summed E-state index contributed by atoms with van der Waals surface area (Å²) < 4.78 is 27.3. The molecule has 2 unspecified atom stereocenters. The maximum Gasteiger partial charge on any atom is 0.243 e. The van der Waals surface area contributed by atoms with Gasteiger partial charge in [-0.15, -0.1) is 0 Å². The van der Waals surface area contributed by atoms with Crippen molar-refractivity contribution in [3.63, 3.8) is 0 Å². The van der Waals surface area contributed by atoms with Crippen molar-refractivity contribution in [2.24, 2.45) is 17.6 Å². The van der Waals surface area contributed by atoms with E-state index in [2.05, 4.69) is 13.8 Å². The van der Waals surface area contributed by atoms with Crippen molar-refractivity contribution in [3.05, 3.63) is 29.3 Å². The molecule has 2 atom stereocenters. The maximum absolute atomic E-state index is 12.9. The van der Waals surface area contributed by atoms with Gasteiger partial charge in [-0.25, -0.2) is 8.42 Å². The Morgan fingerprint density at radius 1 is 1.25 bits per heavy atom. The van der Waals surface area contributed by atoms with Crippen molar-refractivity contribution in [2.75, 3.05) is 13.1 Å². The maximum atomic E-state index is 12.9. The van der Waals surface area contributed by atoms with E-state index in [9.17, 15) is 8.42 Å². The van der Waals surface area contributed by atoms with Crippen molar-refractivity contribution in [1.29, 1.82) is 0 Å². The van der Waals surface area contributed by atoms with Crippen LogP contribution < -0.4 is 5.73 Å². The first-order valence-corrected chi connectivity index (χ1v) is 8.66. The number of benzene rings is 1. The van der Waals surface area contributed by atoms with Gasteiger partial charge >= 0.3 is 0 Å². The second-order valence-corrected chi connectivity index (χ2v) is 7.68. The van der Waals surface area contributed by atoms with E-state index >= 15 is 0 Å². The molecule has 1 fully saturated rings. The molecule has 1 aliphatic heterocycles. The molecule has 0 amide bonds. The number of aryl methyl sites for hydroxylation is 1. The summed E-state index contributed by atoms with van der Waals surface area (Å²) >= 11 is 0. The number of rotatable bonds is 4. The SMILES string of the molecule is CCc1ccc(CN)cc1S(=O)(=O)N1CC(C)C(C)C1. The highest BCUT2D eigenvalue weighted by Crippen LogP contribution is 2.30. The molecule has 0 aliphatic carbocycles. The topological polar surface area (TPSA) is 63.4 Å². The molecule has 1 aromatic rings. The third kappa shape index (κ3) is 2.75. The van der Waals surface area contributed by atoms with Crippen LogP contribution in [0.3, 0.4) is 0 Å². The quantitative estimate of drug-likeness (QED) is 0.924. The third-order valence-corrected chi connectivity index (χ3v) is 6.23. The Morgan fingerprint density at radius 3 is 2.35 bits per heavy atom. The first kappa shape index (κ1) is 15.5. The van der Waals surface area contributed by atoms with E-state index in [4.69, 9.17) is 5.73 Å². The minimum absolute atomic E-state index is 0.360. The normalized spacial score (nSPS) is 24.2. The molecule has 1 heterocycles. The molecular weight excluding hydrogens is 272 g/mol. The Morgan fingerprint density at radius 2 is 1.85 bits per heavy atom. The zero-order valence-corrected chi connectivity index (χ0v) is 13.3. The van der Waals surface area contributed by atoms with Crippen molar-refractivity contribution in [1.82, 2.24) is 4.31 Å². The van der Waals surface area contributed by atoms with Crippen LogP contribution in [-0.4, -0.2) is 25.8 Å². The van der Waals surface area contributed by atoms with Crippen molar-refractivity contribution in [2.45, 2.75) is 38.6 Å². The van der Waals surface area contributed by atoms with Gasteiger partial charge in [0.25, 0.3) is 0 Å². The number of sulfonamides is 1. The van der Waals surface area contributed by atoms with E-state index < -0.39 is 10.0 Å². The molecule has 1 aromatic carbocycles. The second-order valence-electron chi connectivity index (χ2n) is 5.78. The molecule has 1 saturated heterocycles. The lowest BCUT2D eigenvalue weighted by Crippen LogP contribution is -2.30. The molecule has 112 valence electrons. The second kappa shape index (κ2) is 5.84. The molecule has 0 aromatic heterocycles. The minimum atomic E-state index is -3.40. The zero-order chi connectivity index (χ0) is 14.9. The average Bonchev–Trinajstić information content (AvgIpc) is 2.78. The van der Waals surface area contributed by atoms with Crippen LogP contribution >= 0.6 is 0 Å². The van der Waals surface area contributed by atoms with Gasteiger partial charge in [0.2, 0.25) is 10.0 Å². The van der Waals surface area contributed by atoms with Crippen LogP contribution in [-0.2, 0) is 23.0 Å². The van der Waals surface area contributed by atoms with E-state index in [1.54, 1.807) is 10.4 Å². The number of hydrogen-bond donors (Lipinski definition) is 1. The summed E-state index contributed by atoms with van der Waals surface area (Å²) in [6.45, 7) is 7.78. The van der Waals surface area contributed by atoms with E-state index in [1.165, 1.54) is 0 Å². The summed E-state index contributed by atoms with van der Waals surface area (Å²) in [7, 11) is -3.40. The lowest BCUT2D eigenvalue weighted by molar-refractivity contribution is 0.462. The van der Waals surface area contributed by atoms with E-state index in [-0.39, 0.29) is 0 Å². The first-order valence-electron chi connectivity index (χ1n) is 7.22. The van der Waals surface area contributed by atoms with Gasteiger partial charge in [0.15, 0.2) is 0 Å². The minimum Gasteiger partial charge on any atom is -0.326 e. The predicted molar refractivity (Wildman–Crippen MR) is 80.8 cm³/mol. The Bertz CT molecular complexity index is 574. The van der Waals surface area contributed by atoms with Gasteiger partial charge < -0.3 is 5.73 Å². The Labute approximate surface area is 122 Å². The monoisotopic (exact) mass is 296 g/mol. The highest BCUT2D eigenvalue weighted by atomic mass is 32.2. The molecular formula is C15H24N2O2S. The largest absolute Gasteiger partial charge is 0.326 e. The summed E-state index contributed by atoms with van der Waals surface area (Å²) in [5.41, 5.74) is 7.37. The average molecular weight is 296 g/mol. The molecule has 20 heavy (non-hydrogen) atoms. The zero-order valence-electron chi connectivity index (χ0n) is 12.5. The molecule has 0 spiro atoms. The van der Waals surface area contributed by atoms with Crippen molar-refractivity contribution < 1.29 is 8.42 Å². The molecule has 0 radical (unpaired) electrons. The fourth-order valence-corrected chi connectivity index (χ4v) is 4.66. The van der Waals surface area contributed by atoms with Crippen LogP contribution in [0.2, 0.25) is 0 Å². The summed E-state index contributed by atoms with van der Waals surface area (Å²) in [5, 5.41) is 0. The van der Waals surface area contributed by atoms with Crippen LogP contribution in [0, 0.1) is 11.8 Å². The van der Waals surface area contributed by atoms with Gasteiger partial charge in [0, 0.05) is 19.6 Å². The number of hydrogen-bond acceptors (Lipinski definition) is 3. The molecule has 1 aliphatic rings. The summed E-state index contributed by atoms with van der Waals surface area (Å²) in [6, 6.07) is 5.53. The molecule has 2 rings (SSSR count). The number of nitrogens with zero attached hydrogens (tertiary/aromatic N) is 1. The Balaban J connectivity index is 2.43. The standard InChI is InChI=1S/C15H24N2O2S/c1-4-14-6-5-13(8-16)7-15(14)20(18,19)17-9-11(2)12(3)10-17/h5-7,11-12H,4,8-10,16H2,1-3H3.